The Bertz CT molecular complexity index is 440. The van der Waals surface area contributed by atoms with Gasteiger partial charge < -0.3 is 9.80 Å². The van der Waals surface area contributed by atoms with Gasteiger partial charge in [-0.3, -0.25) is 4.90 Å². The van der Waals surface area contributed by atoms with Gasteiger partial charge in [-0.15, -0.1) is 0 Å². The van der Waals surface area contributed by atoms with Gasteiger partial charge in [0, 0.05) is 51.5 Å². The first kappa shape index (κ1) is 14.9. The van der Waals surface area contributed by atoms with Crippen LogP contribution in [0.2, 0.25) is 0 Å². The third-order valence-corrected chi connectivity index (χ3v) is 4.95. The van der Waals surface area contributed by atoms with Crippen LogP contribution in [-0.2, 0) is 0 Å². The van der Waals surface area contributed by atoms with Crippen LogP contribution >= 0.6 is 0 Å². The predicted octanol–water partition coefficient (Wildman–Crippen LogP) is 2.49. The van der Waals surface area contributed by atoms with Gasteiger partial charge in [-0.2, -0.15) is 0 Å². The molecule has 3 rings (SSSR count). The zero-order valence-corrected chi connectivity index (χ0v) is 13.8. The Labute approximate surface area is 129 Å². The third-order valence-electron chi connectivity index (χ3n) is 4.95. The van der Waals surface area contributed by atoms with Crippen molar-refractivity contribution in [2.75, 3.05) is 57.8 Å². The number of hydrogen-bond acceptors (Lipinski definition) is 3. The molecule has 3 nitrogen and oxygen atoms in total. The van der Waals surface area contributed by atoms with E-state index in [0.717, 1.165) is 5.92 Å². The minimum atomic E-state index is 0.622. The minimum absolute atomic E-state index is 0.622. The van der Waals surface area contributed by atoms with Crippen molar-refractivity contribution in [1.29, 1.82) is 0 Å². The van der Waals surface area contributed by atoms with Crippen LogP contribution in [0.15, 0.2) is 24.3 Å². The monoisotopic (exact) mass is 287 g/mol. The molecule has 0 saturated carbocycles. The van der Waals surface area contributed by atoms with Crippen molar-refractivity contribution < 1.29 is 0 Å². The summed E-state index contributed by atoms with van der Waals surface area (Å²) in [5, 5.41) is 0. The predicted molar refractivity (Wildman–Crippen MR) is 90.2 cm³/mol. The molecule has 2 aliphatic rings. The molecule has 0 aromatic heterocycles. The maximum absolute atomic E-state index is 2.65. The van der Waals surface area contributed by atoms with Crippen LogP contribution in [0.3, 0.4) is 0 Å². The Balaban J connectivity index is 1.48. The molecular weight excluding hydrogens is 258 g/mol. The fourth-order valence-electron chi connectivity index (χ4n) is 3.57. The lowest BCUT2D eigenvalue weighted by Gasteiger charge is -2.42. The van der Waals surface area contributed by atoms with Crippen molar-refractivity contribution >= 4 is 5.69 Å². The van der Waals surface area contributed by atoms with E-state index in [1.807, 2.05) is 0 Å². The molecule has 3 heteroatoms. The van der Waals surface area contributed by atoms with Crippen molar-refractivity contribution in [1.82, 2.24) is 9.80 Å². The fourth-order valence-corrected chi connectivity index (χ4v) is 3.57. The summed E-state index contributed by atoms with van der Waals surface area (Å²) in [5.41, 5.74) is 2.83. The fraction of sp³-hybridized carbons (Fsp3) is 0.667. The molecule has 2 aliphatic heterocycles. The summed E-state index contributed by atoms with van der Waals surface area (Å²) < 4.78 is 0. The number of benzene rings is 1. The van der Waals surface area contributed by atoms with Crippen LogP contribution in [0.4, 0.5) is 5.69 Å². The normalized spacial score (nSPS) is 21.8. The first-order valence-electron chi connectivity index (χ1n) is 8.37. The molecule has 21 heavy (non-hydrogen) atoms. The Morgan fingerprint density at radius 1 is 1.00 bits per heavy atom. The van der Waals surface area contributed by atoms with Crippen molar-refractivity contribution in [2.45, 2.75) is 19.8 Å². The average Bonchev–Trinajstić information content (AvgIpc) is 2.46. The lowest BCUT2D eigenvalue weighted by atomic mass is 10.00. The van der Waals surface area contributed by atoms with Gasteiger partial charge in [0.1, 0.15) is 0 Å². The summed E-state index contributed by atoms with van der Waals surface area (Å²) in [5.74, 6) is 1.53. The quantitative estimate of drug-likeness (QED) is 0.842. The van der Waals surface area contributed by atoms with E-state index in [4.69, 9.17) is 0 Å². The summed E-state index contributed by atoms with van der Waals surface area (Å²) in [6, 6.07) is 9.17. The van der Waals surface area contributed by atoms with Crippen LogP contribution in [-0.4, -0.2) is 62.7 Å². The van der Waals surface area contributed by atoms with Crippen LogP contribution < -0.4 is 4.90 Å². The molecule has 1 aromatic carbocycles. The Morgan fingerprint density at radius 2 is 1.62 bits per heavy atom. The van der Waals surface area contributed by atoms with E-state index in [9.17, 15) is 0 Å². The van der Waals surface area contributed by atoms with E-state index < -0.39 is 0 Å². The lowest BCUT2D eigenvalue weighted by molar-refractivity contribution is 0.0883. The Kier molecular flexibility index (Phi) is 4.51. The van der Waals surface area contributed by atoms with E-state index in [-0.39, 0.29) is 0 Å². The van der Waals surface area contributed by atoms with E-state index in [1.54, 1.807) is 0 Å². The molecule has 0 bridgehead atoms. The maximum atomic E-state index is 2.65. The number of piperazine rings is 1. The van der Waals surface area contributed by atoms with Crippen molar-refractivity contribution in [2.24, 2.45) is 5.92 Å². The van der Waals surface area contributed by atoms with Crippen LogP contribution in [0.5, 0.6) is 0 Å². The number of likely N-dealkylation sites (tertiary alicyclic amines) is 1. The second kappa shape index (κ2) is 6.37. The van der Waals surface area contributed by atoms with Gasteiger partial charge in [-0.05, 0) is 36.6 Å². The van der Waals surface area contributed by atoms with Gasteiger partial charge in [-0.25, -0.2) is 0 Å². The zero-order chi connectivity index (χ0) is 14.8. The van der Waals surface area contributed by atoms with Gasteiger partial charge in [0.15, 0.2) is 0 Å². The Hall–Kier alpha value is -1.06. The van der Waals surface area contributed by atoms with Gasteiger partial charge >= 0.3 is 0 Å². The highest BCUT2D eigenvalue weighted by atomic mass is 15.3. The summed E-state index contributed by atoms with van der Waals surface area (Å²) >= 11 is 0. The molecule has 2 saturated heterocycles. The number of hydrogen-bond donors (Lipinski definition) is 0. The van der Waals surface area contributed by atoms with Crippen LogP contribution in [0.25, 0.3) is 0 Å². The second-order valence-corrected chi connectivity index (χ2v) is 7.12. The summed E-state index contributed by atoms with van der Waals surface area (Å²) in [6.45, 7) is 13.2. The minimum Gasteiger partial charge on any atom is -0.369 e. The van der Waals surface area contributed by atoms with Crippen molar-refractivity contribution in [3.8, 4) is 0 Å². The molecule has 2 heterocycles. The van der Waals surface area contributed by atoms with E-state index in [0.29, 0.717) is 5.92 Å². The molecule has 1 aromatic rings. The number of rotatable bonds is 4. The molecular formula is C18H29N3. The smallest absolute Gasteiger partial charge is 0.0367 e. The summed E-state index contributed by atoms with van der Waals surface area (Å²) in [4.78, 5) is 7.60. The van der Waals surface area contributed by atoms with E-state index in [2.05, 4.69) is 59.9 Å². The SMILES string of the molecule is CC(C)c1ccc(N2CCN(CC3CN(C)C3)CC2)cc1. The van der Waals surface area contributed by atoms with Crippen LogP contribution in [0.1, 0.15) is 25.3 Å². The first-order valence-corrected chi connectivity index (χ1v) is 8.37. The summed E-state index contributed by atoms with van der Waals surface area (Å²) in [6.07, 6.45) is 0. The molecule has 0 N–H and O–H groups in total. The van der Waals surface area contributed by atoms with Gasteiger partial charge in [0.05, 0.1) is 0 Å². The van der Waals surface area contributed by atoms with Gasteiger partial charge in [0.2, 0.25) is 0 Å². The van der Waals surface area contributed by atoms with E-state index >= 15 is 0 Å². The largest absolute Gasteiger partial charge is 0.369 e. The standard InChI is InChI=1S/C18H29N3/c1-15(2)17-4-6-18(7-5-17)21-10-8-20(9-11-21)14-16-12-19(3)13-16/h4-7,15-16H,8-14H2,1-3H3. The molecule has 116 valence electrons. The lowest BCUT2D eigenvalue weighted by Crippen LogP contribution is -2.53. The highest BCUT2D eigenvalue weighted by molar-refractivity contribution is 5.48. The zero-order valence-electron chi connectivity index (χ0n) is 13.8. The van der Waals surface area contributed by atoms with E-state index in [1.165, 1.54) is 57.1 Å². The molecule has 0 atom stereocenters. The number of anilines is 1. The third kappa shape index (κ3) is 3.58. The van der Waals surface area contributed by atoms with Crippen LogP contribution in [0, 0.1) is 5.92 Å². The molecule has 0 amide bonds. The first-order chi connectivity index (χ1) is 10.1. The second-order valence-electron chi connectivity index (χ2n) is 7.12. The summed E-state index contributed by atoms with van der Waals surface area (Å²) in [7, 11) is 2.22. The van der Waals surface area contributed by atoms with Gasteiger partial charge in [-0.1, -0.05) is 26.0 Å². The van der Waals surface area contributed by atoms with Crippen molar-refractivity contribution in [3.05, 3.63) is 29.8 Å². The molecule has 0 radical (unpaired) electrons. The number of nitrogens with zero attached hydrogens (tertiary/aromatic N) is 3. The molecule has 0 aliphatic carbocycles. The molecule has 0 spiro atoms. The highest BCUT2D eigenvalue weighted by Crippen LogP contribution is 2.22. The molecule has 2 fully saturated rings. The maximum Gasteiger partial charge on any atom is 0.0367 e. The van der Waals surface area contributed by atoms with Crippen molar-refractivity contribution in [3.63, 3.8) is 0 Å². The topological polar surface area (TPSA) is 9.72 Å². The Morgan fingerprint density at radius 3 is 2.14 bits per heavy atom. The van der Waals surface area contributed by atoms with Gasteiger partial charge in [0.25, 0.3) is 0 Å². The highest BCUT2D eigenvalue weighted by Gasteiger charge is 2.27. The molecule has 0 unspecified atom stereocenters. The average molecular weight is 287 g/mol.